The first kappa shape index (κ1) is 14.7. The van der Waals surface area contributed by atoms with Gasteiger partial charge in [-0.25, -0.2) is 4.39 Å². The third-order valence-electron chi connectivity index (χ3n) is 4.47. The lowest BCUT2D eigenvalue weighted by molar-refractivity contribution is -0.121. The fraction of sp³-hybridized carbons (Fsp3) is 0.438. The molecule has 5 nitrogen and oxygen atoms in total. The van der Waals surface area contributed by atoms with Gasteiger partial charge in [-0.3, -0.25) is 10.1 Å². The molecule has 3 rings (SSSR count). The highest BCUT2D eigenvalue weighted by atomic mass is 19.1. The Morgan fingerprint density at radius 2 is 2.00 bits per heavy atom. The Kier molecular flexibility index (Phi) is 3.92. The fourth-order valence-corrected chi connectivity index (χ4v) is 3.20. The number of carbonyl (C=O) groups is 1. The molecule has 1 N–H and O–H groups in total. The summed E-state index contributed by atoms with van der Waals surface area (Å²) in [6, 6.07) is 6.25. The second-order valence-electron chi connectivity index (χ2n) is 5.69. The first-order valence-corrected chi connectivity index (χ1v) is 7.61. The minimum Gasteiger partial charge on any atom is -0.300 e. The van der Waals surface area contributed by atoms with Crippen LogP contribution < -0.4 is 5.32 Å². The molecule has 6 heteroatoms. The van der Waals surface area contributed by atoms with Crippen molar-refractivity contribution in [2.24, 2.45) is 0 Å². The monoisotopic (exact) mass is 302 g/mol. The minimum atomic E-state index is -0.599. The van der Waals surface area contributed by atoms with Crippen LogP contribution in [0.15, 0.2) is 30.6 Å². The molecule has 22 heavy (non-hydrogen) atoms. The van der Waals surface area contributed by atoms with E-state index in [9.17, 15) is 9.18 Å². The van der Waals surface area contributed by atoms with Gasteiger partial charge in [0.15, 0.2) is 0 Å². The van der Waals surface area contributed by atoms with E-state index in [1.54, 1.807) is 23.0 Å². The maximum atomic E-state index is 13.2. The Hall–Kier alpha value is -2.24. The molecule has 2 aromatic rings. The molecule has 1 aromatic heterocycles. The number of hydrogen-bond donors (Lipinski definition) is 1. The van der Waals surface area contributed by atoms with Crippen molar-refractivity contribution < 1.29 is 9.18 Å². The van der Waals surface area contributed by atoms with Gasteiger partial charge in [-0.15, -0.1) is 10.2 Å². The first-order chi connectivity index (χ1) is 10.7. The highest BCUT2D eigenvalue weighted by molar-refractivity contribution is 5.98. The summed E-state index contributed by atoms with van der Waals surface area (Å²) in [5.41, 5.74) is 0.268. The molecule has 1 amide bonds. The smallest absolute Gasteiger partial charge is 0.237 e. The van der Waals surface area contributed by atoms with E-state index < -0.39 is 5.41 Å². The predicted molar refractivity (Wildman–Crippen MR) is 80.9 cm³/mol. The van der Waals surface area contributed by atoms with Crippen LogP contribution in [0.25, 0.3) is 0 Å². The molecular formula is C16H19FN4O. The van der Waals surface area contributed by atoms with Crippen molar-refractivity contribution in [3.05, 3.63) is 42.0 Å². The van der Waals surface area contributed by atoms with Crippen molar-refractivity contribution in [2.75, 3.05) is 5.32 Å². The molecule has 1 saturated carbocycles. The van der Waals surface area contributed by atoms with E-state index in [-0.39, 0.29) is 11.7 Å². The molecule has 1 heterocycles. The normalized spacial score (nSPS) is 16.6. The highest BCUT2D eigenvalue weighted by Crippen LogP contribution is 2.42. The number of aryl methyl sites for hydroxylation is 1. The van der Waals surface area contributed by atoms with Crippen molar-refractivity contribution in [2.45, 2.75) is 44.6 Å². The van der Waals surface area contributed by atoms with Crippen LogP contribution in [-0.2, 0) is 16.8 Å². The Balaban J connectivity index is 1.90. The molecular weight excluding hydrogens is 283 g/mol. The number of benzene rings is 1. The van der Waals surface area contributed by atoms with Crippen LogP contribution in [0.1, 0.15) is 38.2 Å². The van der Waals surface area contributed by atoms with Crippen LogP contribution in [-0.4, -0.2) is 20.7 Å². The van der Waals surface area contributed by atoms with Crippen LogP contribution in [0.3, 0.4) is 0 Å². The molecule has 0 bridgehead atoms. The zero-order chi connectivity index (χ0) is 15.6. The summed E-state index contributed by atoms with van der Waals surface area (Å²) in [4.78, 5) is 12.9. The lowest BCUT2D eigenvalue weighted by Gasteiger charge is -2.28. The Labute approximate surface area is 128 Å². The number of nitrogens with zero attached hydrogens (tertiary/aromatic N) is 3. The molecule has 0 saturated heterocycles. The summed E-state index contributed by atoms with van der Waals surface area (Å²) >= 11 is 0. The number of amides is 1. The Bertz CT molecular complexity index is 659. The molecule has 0 spiro atoms. The first-order valence-electron chi connectivity index (χ1n) is 7.61. The predicted octanol–water partition coefficient (Wildman–Crippen LogP) is 2.89. The molecule has 0 radical (unpaired) electrons. The maximum absolute atomic E-state index is 13.2. The van der Waals surface area contributed by atoms with Crippen molar-refractivity contribution in [1.29, 1.82) is 0 Å². The molecule has 1 aromatic carbocycles. The van der Waals surface area contributed by atoms with Gasteiger partial charge in [-0.1, -0.05) is 25.0 Å². The van der Waals surface area contributed by atoms with Gasteiger partial charge in [0.05, 0.1) is 5.41 Å². The molecule has 0 atom stereocenters. The van der Waals surface area contributed by atoms with Gasteiger partial charge >= 0.3 is 0 Å². The SMILES string of the molecule is CCn1cnnc1NC(=O)C1(c2ccc(F)cc2)CCCC1. The fourth-order valence-electron chi connectivity index (χ4n) is 3.20. The van der Waals surface area contributed by atoms with Gasteiger partial charge in [0, 0.05) is 6.54 Å². The van der Waals surface area contributed by atoms with Gasteiger partial charge in [0.2, 0.25) is 11.9 Å². The molecule has 0 unspecified atom stereocenters. The second-order valence-corrected chi connectivity index (χ2v) is 5.69. The standard InChI is InChI=1S/C16H19FN4O/c1-2-21-11-18-20-15(21)19-14(22)16(9-3-4-10-16)12-5-7-13(17)8-6-12/h5-8,11H,2-4,9-10H2,1H3,(H,19,20,22). The van der Waals surface area contributed by atoms with E-state index in [1.165, 1.54) is 12.1 Å². The van der Waals surface area contributed by atoms with Gasteiger partial charge in [0.1, 0.15) is 12.1 Å². The summed E-state index contributed by atoms with van der Waals surface area (Å²) < 4.78 is 15.0. The molecule has 1 fully saturated rings. The largest absolute Gasteiger partial charge is 0.300 e. The number of halogens is 1. The quantitative estimate of drug-likeness (QED) is 0.944. The number of rotatable bonds is 4. The Morgan fingerprint density at radius 1 is 1.32 bits per heavy atom. The zero-order valence-electron chi connectivity index (χ0n) is 12.6. The van der Waals surface area contributed by atoms with E-state index in [2.05, 4.69) is 15.5 Å². The molecule has 0 aliphatic heterocycles. The number of aromatic nitrogens is 3. The van der Waals surface area contributed by atoms with E-state index in [0.717, 1.165) is 31.2 Å². The lowest BCUT2D eigenvalue weighted by atomic mass is 9.78. The van der Waals surface area contributed by atoms with E-state index in [1.807, 2.05) is 6.92 Å². The van der Waals surface area contributed by atoms with Crippen molar-refractivity contribution >= 4 is 11.9 Å². The van der Waals surface area contributed by atoms with Gasteiger partial charge in [0.25, 0.3) is 0 Å². The van der Waals surface area contributed by atoms with Crippen LogP contribution in [0.5, 0.6) is 0 Å². The highest BCUT2D eigenvalue weighted by Gasteiger charge is 2.43. The minimum absolute atomic E-state index is 0.0840. The third-order valence-corrected chi connectivity index (χ3v) is 4.47. The third kappa shape index (κ3) is 2.49. The van der Waals surface area contributed by atoms with Crippen LogP contribution in [0.4, 0.5) is 10.3 Å². The number of anilines is 1. The topological polar surface area (TPSA) is 59.8 Å². The maximum Gasteiger partial charge on any atom is 0.237 e. The number of nitrogens with one attached hydrogen (secondary N) is 1. The van der Waals surface area contributed by atoms with Gasteiger partial charge < -0.3 is 4.57 Å². The van der Waals surface area contributed by atoms with Crippen LogP contribution in [0, 0.1) is 5.82 Å². The number of hydrogen-bond acceptors (Lipinski definition) is 3. The van der Waals surface area contributed by atoms with E-state index in [4.69, 9.17) is 0 Å². The summed E-state index contributed by atoms with van der Waals surface area (Å²) in [5, 5.41) is 10.7. The van der Waals surface area contributed by atoms with Crippen LogP contribution in [0.2, 0.25) is 0 Å². The molecule has 1 aliphatic rings. The second kappa shape index (κ2) is 5.87. The van der Waals surface area contributed by atoms with Crippen LogP contribution >= 0.6 is 0 Å². The summed E-state index contributed by atoms with van der Waals surface area (Å²) in [6.45, 7) is 2.65. The summed E-state index contributed by atoms with van der Waals surface area (Å²) in [5.74, 6) is 0.0863. The van der Waals surface area contributed by atoms with Crippen molar-refractivity contribution in [1.82, 2.24) is 14.8 Å². The van der Waals surface area contributed by atoms with Gasteiger partial charge in [-0.2, -0.15) is 0 Å². The van der Waals surface area contributed by atoms with E-state index in [0.29, 0.717) is 12.5 Å². The molecule has 1 aliphatic carbocycles. The van der Waals surface area contributed by atoms with Gasteiger partial charge in [-0.05, 0) is 37.5 Å². The average Bonchev–Trinajstić information content (AvgIpc) is 3.17. The summed E-state index contributed by atoms with van der Waals surface area (Å²) in [6.07, 6.45) is 5.11. The average molecular weight is 302 g/mol. The zero-order valence-corrected chi connectivity index (χ0v) is 12.6. The lowest BCUT2D eigenvalue weighted by Crippen LogP contribution is -2.38. The van der Waals surface area contributed by atoms with E-state index >= 15 is 0 Å². The Morgan fingerprint density at radius 3 is 2.64 bits per heavy atom. The molecule has 116 valence electrons. The van der Waals surface area contributed by atoms with Crippen molar-refractivity contribution in [3.8, 4) is 0 Å². The summed E-state index contributed by atoms with van der Waals surface area (Å²) in [7, 11) is 0. The van der Waals surface area contributed by atoms with Crippen molar-refractivity contribution in [3.63, 3.8) is 0 Å². The number of carbonyl (C=O) groups excluding carboxylic acids is 1.